The summed E-state index contributed by atoms with van der Waals surface area (Å²) in [5.41, 5.74) is 0.747. The zero-order chi connectivity index (χ0) is 15.1. The Morgan fingerprint density at radius 2 is 2.00 bits per heavy atom. The van der Waals surface area contributed by atoms with Gasteiger partial charge in [-0.2, -0.15) is 0 Å². The average Bonchev–Trinajstić information content (AvgIpc) is 2.46. The number of carbonyl (C=O) groups is 1. The molecule has 0 spiro atoms. The van der Waals surface area contributed by atoms with E-state index >= 15 is 0 Å². The van der Waals surface area contributed by atoms with E-state index in [9.17, 15) is 4.79 Å². The number of carboxylic acid groups (broad SMARTS) is 1. The second-order valence-electron chi connectivity index (χ2n) is 5.60. The fourth-order valence-electron chi connectivity index (χ4n) is 2.85. The largest absolute Gasteiger partial charge is 0.506 e. The van der Waals surface area contributed by atoms with Crippen molar-refractivity contribution in [2.75, 3.05) is 0 Å². The van der Waals surface area contributed by atoms with E-state index in [4.69, 9.17) is 21.4 Å². The molecule has 21 heavy (non-hydrogen) atoms. The Bertz CT molecular complexity index is 495. The van der Waals surface area contributed by atoms with Gasteiger partial charge in [-0.05, 0) is 56.2 Å². The highest BCUT2D eigenvalue weighted by Gasteiger charge is 2.33. The predicted molar refractivity (Wildman–Crippen MR) is 83.8 cm³/mol. The number of benzene rings is 1. The van der Waals surface area contributed by atoms with Crippen molar-refractivity contribution in [3.05, 3.63) is 47.0 Å². The van der Waals surface area contributed by atoms with Crippen molar-refractivity contribution in [2.24, 2.45) is 0 Å². The maximum Gasteiger partial charge on any atom is 0.506 e. The van der Waals surface area contributed by atoms with Crippen molar-refractivity contribution < 1.29 is 14.6 Å². The molecule has 0 saturated heterocycles. The van der Waals surface area contributed by atoms with Gasteiger partial charge in [-0.15, -0.1) is 0 Å². The van der Waals surface area contributed by atoms with Gasteiger partial charge in [0.2, 0.25) is 0 Å². The lowest BCUT2D eigenvalue weighted by Crippen LogP contribution is -2.35. The molecule has 3 nitrogen and oxygen atoms in total. The lowest BCUT2D eigenvalue weighted by Gasteiger charge is -2.33. The van der Waals surface area contributed by atoms with Crippen LogP contribution in [0, 0.1) is 0 Å². The number of aryl methyl sites for hydroxylation is 1. The molecular formula is C17H21ClO3. The van der Waals surface area contributed by atoms with Crippen LogP contribution in [-0.4, -0.2) is 16.9 Å². The van der Waals surface area contributed by atoms with Gasteiger partial charge in [-0.3, -0.25) is 0 Å². The van der Waals surface area contributed by atoms with Gasteiger partial charge in [-0.1, -0.05) is 35.9 Å². The molecular weight excluding hydrogens is 288 g/mol. The second kappa shape index (κ2) is 7.51. The van der Waals surface area contributed by atoms with E-state index in [0.29, 0.717) is 6.42 Å². The number of halogens is 1. The Kier molecular flexibility index (Phi) is 5.68. The Hall–Kier alpha value is -1.48. The van der Waals surface area contributed by atoms with Gasteiger partial charge < -0.3 is 9.84 Å². The highest BCUT2D eigenvalue weighted by atomic mass is 35.5. The molecule has 1 atom stereocenters. The molecule has 0 aromatic heterocycles. The van der Waals surface area contributed by atoms with Crippen LogP contribution in [0.25, 0.3) is 0 Å². The molecule has 1 aromatic rings. The number of allylic oxidation sites excluding steroid dienone is 1. The summed E-state index contributed by atoms with van der Waals surface area (Å²) in [5.74, 6) is 0. The summed E-state index contributed by atoms with van der Waals surface area (Å²) in [6, 6.07) is 7.88. The van der Waals surface area contributed by atoms with E-state index in [0.717, 1.165) is 43.5 Å². The van der Waals surface area contributed by atoms with Gasteiger partial charge in [0.25, 0.3) is 0 Å². The summed E-state index contributed by atoms with van der Waals surface area (Å²) in [6.45, 7) is 0. The number of unbranched alkanes of at least 4 members (excludes halogenated alkanes) is 1. The van der Waals surface area contributed by atoms with Gasteiger partial charge in [0.15, 0.2) is 0 Å². The maximum absolute atomic E-state index is 10.9. The minimum absolute atomic E-state index is 0.513. The maximum atomic E-state index is 10.9. The van der Waals surface area contributed by atoms with Crippen molar-refractivity contribution in [1.82, 2.24) is 0 Å². The minimum atomic E-state index is -1.16. The fraction of sp³-hybridized carbons (Fsp3) is 0.471. The van der Waals surface area contributed by atoms with Gasteiger partial charge in [0.1, 0.15) is 5.60 Å². The molecule has 1 aliphatic carbocycles. The van der Waals surface area contributed by atoms with E-state index in [1.54, 1.807) is 0 Å². The standard InChI is InChI=1S/C17H21ClO3/c18-15-9-7-14(8-10-15)6-2-5-13-17(21-16(19)20)11-3-1-4-12-17/h1,3,7-10H,2,4-6,11-13H2,(H,19,20). The molecule has 0 saturated carbocycles. The monoisotopic (exact) mass is 308 g/mol. The smallest absolute Gasteiger partial charge is 0.450 e. The van der Waals surface area contributed by atoms with Gasteiger partial charge in [0.05, 0.1) is 0 Å². The number of rotatable bonds is 6. The Morgan fingerprint density at radius 3 is 2.62 bits per heavy atom. The molecule has 0 heterocycles. The van der Waals surface area contributed by atoms with E-state index in [-0.39, 0.29) is 0 Å². The van der Waals surface area contributed by atoms with Crippen LogP contribution in [0.2, 0.25) is 5.02 Å². The lowest BCUT2D eigenvalue weighted by molar-refractivity contribution is -0.0312. The Labute approximate surface area is 130 Å². The van der Waals surface area contributed by atoms with Gasteiger partial charge >= 0.3 is 6.16 Å². The van der Waals surface area contributed by atoms with Gasteiger partial charge in [0, 0.05) is 11.4 Å². The predicted octanol–water partition coefficient (Wildman–Crippen LogP) is 5.23. The van der Waals surface area contributed by atoms with Gasteiger partial charge in [-0.25, -0.2) is 4.79 Å². The highest BCUT2D eigenvalue weighted by Crippen LogP contribution is 2.33. The molecule has 1 aliphatic rings. The zero-order valence-electron chi connectivity index (χ0n) is 12.1. The molecule has 0 amide bonds. The third-order valence-electron chi connectivity index (χ3n) is 3.99. The molecule has 0 aliphatic heterocycles. The third kappa shape index (κ3) is 5.09. The molecule has 0 bridgehead atoms. The van der Waals surface area contributed by atoms with Crippen molar-refractivity contribution in [1.29, 1.82) is 0 Å². The molecule has 114 valence electrons. The fourth-order valence-corrected chi connectivity index (χ4v) is 2.97. The first-order valence-corrected chi connectivity index (χ1v) is 7.79. The minimum Gasteiger partial charge on any atom is -0.450 e. The molecule has 1 N–H and O–H groups in total. The SMILES string of the molecule is O=C(O)OC1(CCCCc2ccc(Cl)cc2)CC=CCC1. The molecule has 2 rings (SSSR count). The van der Waals surface area contributed by atoms with Crippen molar-refractivity contribution in [3.8, 4) is 0 Å². The topological polar surface area (TPSA) is 46.5 Å². The number of hydrogen-bond acceptors (Lipinski definition) is 2. The molecule has 0 radical (unpaired) electrons. The molecule has 4 heteroatoms. The van der Waals surface area contributed by atoms with Crippen LogP contribution >= 0.6 is 11.6 Å². The van der Waals surface area contributed by atoms with Crippen LogP contribution in [0.5, 0.6) is 0 Å². The highest BCUT2D eigenvalue weighted by molar-refractivity contribution is 6.30. The summed E-state index contributed by atoms with van der Waals surface area (Å²) in [4.78, 5) is 10.9. The summed E-state index contributed by atoms with van der Waals surface area (Å²) in [5, 5.41) is 9.68. The number of hydrogen-bond donors (Lipinski definition) is 1. The van der Waals surface area contributed by atoms with Crippen LogP contribution in [-0.2, 0) is 11.2 Å². The molecule has 1 unspecified atom stereocenters. The van der Waals surface area contributed by atoms with E-state index < -0.39 is 11.8 Å². The average molecular weight is 309 g/mol. The summed E-state index contributed by atoms with van der Waals surface area (Å²) in [7, 11) is 0. The first-order chi connectivity index (χ1) is 10.1. The van der Waals surface area contributed by atoms with E-state index in [1.165, 1.54) is 5.56 Å². The van der Waals surface area contributed by atoms with Crippen molar-refractivity contribution in [2.45, 2.75) is 50.5 Å². The van der Waals surface area contributed by atoms with Crippen LogP contribution in [0.1, 0.15) is 44.1 Å². The Morgan fingerprint density at radius 1 is 1.24 bits per heavy atom. The van der Waals surface area contributed by atoms with Crippen molar-refractivity contribution >= 4 is 17.8 Å². The summed E-state index contributed by atoms with van der Waals surface area (Å²) in [6.07, 6.45) is 9.10. The first kappa shape index (κ1) is 15.9. The van der Waals surface area contributed by atoms with E-state index in [1.807, 2.05) is 30.3 Å². The molecule has 1 aromatic carbocycles. The summed E-state index contributed by atoms with van der Waals surface area (Å²) < 4.78 is 5.19. The van der Waals surface area contributed by atoms with Crippen molar-refractivity contribution in [3.63, 3.8) is 0 Å². The normalized spacial score (nSPS) is 21.2. The molecule has 0 fully saturated rings. The second-order valence-corrected chi connectivity index (χ2v) is 6.04. The first-order valence-electron chi connectivity index (χ1n) is 7.41. The Balaban J connectivity index is 1.80. The third-order valence-corrected chi connectivity index (χ3v) is 4.24. The van der Waals surface area contributed by atoms with Crippen LogP contribution in [0.3, 0.4) is 0 Å². The van der Waals surface area contributed by atoms with Crippen LogP contribution in [0.15, 0.2) is 36.4 Å². The van der Waals surface area contributed by atoms with Crippen LogP contribution in [0.4, 0.5) is 4.79 Å². The quantitative estimate of drug-likeness (QED) is 0.445. The zero-order valence-corrected chi connectivity index (χ0v) is 12.8. The van der Waals surface area contributed by atoms with E-state index in [2.05, 4.69) is 6.08 Å². The summed E-state index contributed by atoms with van der Waals surface area (Å²) >= 11 is 5.86. The lowest BCUT2D eigenvalue weighted by atomic mass is 9.84. The van der Waals surface area contributed by atoms with Crippen LogP contribution < -0.4 is 0 Å². The number of ether oxygens (including phenoxy) is 1.